The van der Waals surface area contributed by atoms with Crippen LogP contribution in [0, 0.1) is 0 Å². The summed E-state index contributed by atoms with van der Waals surface area (Å²) in [6, 6.07) is 10.8. The SMILES string of the molecule is O=C(C[C@H](c1ccc(Cl)cc1)n1cccc1)N[C@H]1CCS(=O)(=O)C1. The summed E-state index contributed by atoms with van der Waals surface area (Å²) in [6.07, 6.45) is 4.55. The molecule has 2 atom stereocenters. The Balaban J connectivity index is 1.72. The molecule has 0 unspecified atom stereocenters. The van der Waals surface area contributed by atoms with E-state index in [1.54, 1.807) is 12.1 Å². The first-order valence-electron chi connectivity index (χ1n) is 7.81. The zero-order valence-corrected chi connectivity index (χ0v) is 14.6. The summed E-state index contributed by atoms with van der Waals surface area (Å²) in [4.78, 5) is 12.4. The molecule has 1 N–H and O–H groups in total. The molecular weight excluding hydrogens is 348 g/mol. The van der Waals surface area contributed by atoms with E-state index in [-0.39, 0.29) is 35.9 Å². The molecule has 3 rings (SSSR count). The van der Waals surface area contributed by atoms with Gasteiger partial charge in [-0.2, -0.15) is 0 Å². The second kappa shape index (κ2) is 6.99. The number of hydrogen-bond acceptors (Lipinski definition) is 3. The Hall–Kier alpha value is -1.79. The Bertz CT molecular complexity index is 801. The predicted molar refractivity (Wildman–Crippen MR) is 93.8 cm³/mol. The smallest absolute Gasteiger partial charge is 0.222 e. The number of sulfone groups is 1. The first-order valence-corrected chi connectivity index (χ1v) is 10.0. The topological polar surface area (TPSA) is 68.2 Å². The quantitative estimate of drug-likeness (QED) is 0.883. The number of amides is 1. The van der Waals surface area contributed by atoms with Crippen LogP contribution in [0.1, 0.15) is 24.4 Å². The van der Waals surface area contributed by atoms with Crippen LogP contribution in [0.4, 0.5) is 0 Å². The maximum absolute atomic E-state index is 12.4. The zero-order chi connectivity index (χ0) is 17.2. The van der Waals surface area contributed by atoms with Crippen molar-refractivity contribution in [3.63, 3.8) is 0 Å². The maximum Gasteiger partial charge on any atom is 0.222 e. The van der Waals surface area contributed by atoms with Crippen molar-refractivity contribution < 1.29 is 13.2 Å². The molecule has 2 heterocycles. The number of hydrogen-bond donors (Lipinski definition) is 1. The van der Waals surface area contributed by atoms with Gasteiger partial charge in [-0.05, 0) is 36.2 Å². The minimum Gasteiger partial charge on any atom is -0.352 e. The van der Waals surface area contributed by atoms with Crippen molar-refractivity contribution >= 4 is 27.3 Å². The third-order valence-electron chi connectivity index (χ3n) is 4.22. The molecule has 1 saturated heterocycles. The lowest BCUT2D eigenvalue weighted by Gasteiger charge is -2.20. The van der Waals surface area contributed by atoms with Crippen molar-refractivity contribution in [2.75, 3.05) is 11.5 Å². The van der Waals surface area contributed by atoms with Crippen LogP contribution in [-0.2, 0) is 14.6 Å². The van der Waals surface area contributed by atoms with E-state index in [0.29, 0.717) is 11.4 Å². The highest BCUT2D eigenvalue weighted by atomic mass is 35.5. The summed E-state index contributed by atoms with van der Waals surface area (Å²) in [7, 11) is -3.00. The Morgan fingerprint density at radius 2 is 1.92 bits per heavy atom. The summed E-state index contributed by atoms with van der Waals surface area (Å²) in [5, 5.41) is 3.49. The lowest BCUT2D eigenvalue weighted by atomic mass is 10.0. The van der Waals surface area contributed by atoms with Crippen molar-refractivity contribution in [3.8, 4) is 0 Å². The summed E-state index contributed by atoms with van der Waals surface area (Å²) in [5.74, 6) is 0.0371. The molecule has 0 aliphatic carbocycles. The lowest BCUT2D eigenvalue weighted by Crippen LogP contribution is -2.36. The molecule has 0 spiro atoms. The Labute approximate surface area is 146 Å². The van der Waals surface area contributed by atoms with Gasteiger partial charge in [0.1, 0.15) is 0 Å². The second-order valence-electron chi connectivity index (χ2n) is 6.07. The first-order chi connectivity index (χ1) is 11.4. The van der Waals surface area contributed by atoms with Crippen LogP contribution in [0.5, 0.6) is 0 Å². The largest absolute Gasteiger partial charge is 0.352 e. The van der Waals surface area contributed by atoms with Crippen molar-refractivity contribution in [1.29, 1.82) is 0 Å². The van der Waals surface area contributed by atoms with Crippen molar-refractivity contribution in [1.82, 2.24) is 9.88 Å². The van der Waals surface area contributed by atoms with Gasteiger partial charge in [0.05, 0.1) is 24.0 Å². The summed E-state index contributed by atoms with van der Waals surface area (Å²) < 4.78 is 25.0. The summed E-state index contributed by atoms with van der Waals surface area (Å²) in [5.41, 5.74) is 0.977. The minimum absolute atomic E-state index is 0.0356. The molecule has 1 fully saturated rings. The molecule has 0 saturated carbocycles. The van der Waals surface area contributed by atoms with Gasteiger partial charge in [0, 0.05) is 23.5 Å². The highest BCUT2D eigenvalue weighted by Crippen LogP contribution is 2.24. The average Bonchev–Trinajstić information content (AvgIpc) is 3.16. The van der Waals surface area contributed by atoms with Gasteiger partial charge in [-0.3, -0.25) is 4.79 Å². The van der Waals surface area contributed by atoms with E-state index in [0.717, 1.165) is 5.56 Å². The van der Waals surface area contributed by atoms with Gasteiger partial charge in [0.25, 0.3) is 0 Å². The number of benzene rings is 1. The molecule has 24 heavy (non-hydrogen) atoms. The van der Waals surface area contributed by atoms with E-state index in [2.05, 4.69) is 5.32 Å². The third kappa shape index (κ3) is 4.19. The molecule has 1 amide bonds. The van der Waals surface area contributed by atoms with E-state index in [9.17, 15) is 13.2 Å². The van der Waals surface area contributed by atoms with E-state index in [1.807, 2.05) is 41.2 Å². The fraction of sp³-hybridized carbons (Fsp3) is 0.353. The number of carbonyl (C=O) groups excluding carboxylic acids is 1. The van der Waals surface area contributed by atoms with Crippen LogP contribution in [0.15, 0.2) is 48.8 Å². The number of nitrogens with zero attached hydrogens (tertiary/aromatic N) is 1. The van der Waals surface area contributed by atoms with Crippen molar-refractivity contribution in [2.24, 2.45) is 0 Å². The molecule has 1 aliphatic heterocycles. The minimum atomic E-state index is -3.00. The van der Waals surface area contributed by atoms with E-state index in [1.165, 1.54) is 0 Å². The van der Waals surface area contributed by atoms with E-state index >= 15 is 0 Å². The Morgan fingerprint density at radius 3 is 2.50 bits per heavy atom. The monoisotopic (exact) mass is 366 g/mol. The van der Waals surface area contributed by atoms with Crippen molar-refractivity contribution in [3.05, 3.63) is 59.4 Å². The standard InChI is InChI=1S/C17H19ClN2O3S/c18-14-5-3-13(4-6-14)16(20-8-1-2-9-20)11-17(21)19-15-7-10-24(22,23)12-15/h1-6,8-9,15-16H,7,10-12H2,(H,19,21)/t15-,16+/m0/s1. The lowest BCUT2D eigenvalue weighted by molar-refractivity contribution is -0.122. The number of halogens is 1. The molecular formula is C17H19ClN2O3S. The summed E-state index contributed by atoms with van der Waals surface area (Å²) in [6.45, 7) is 0. The van der Waals surface area contributed by atoms with Crippen LogP contribution >= 0.6 is 11.6 Å². The average molecular weight is 367 g/mol. The van der Waals surface area contributed by atoms with Gasteiger partial charge < -0.3 is 9.88 Å². The maximum atomic E-state index is 12.4. The van der Waals surface area contributed by atoms with Gasteiger partial charge in [0.2, 0.25) is 5.91 Å². The second-order valence-corrected chi connectivity index (χ2v) is 8.73. The number of rotatable bonds is 5. The Kier molecular flexibility index (Phi) is 4.96. The highest BCUT2D eigenvalue weighted by Gasteiger charge is 2.29. The van der Waals surface area contributed by atoms with Gasteiger partial charge in [-0.15, -0.1) is 0 Å². The molecule has 5 nitrogen and oxygen atoms in total. The van der Waals surface area contributed by atoms with Gasteiger partial charge >= 0.3 is 0 Å². The highest BCUT2D eigenvalue weighted by molar-refractivity contribution is 7.91. The third-order valence-corrected chi connectivity index (χ3v) is 6.24. The van der Waals surface area contributed by atoms with E-state index in [4.69, 9.17) is 11.6 Å². The number of nitrogens with one attached hydrogen (secondary N) is 1. The molecule has 1 aromatic heterocycles. The molecule has 0 bridgehead atoms. The molecule has 7 heteroatoms. The fourth-order valence-electron chi connectivity index (χ4n) is 3.01. The van der Waals surface area contributed by atoms with Gasteiger partial charge in [-0.1, -0.05) is 23.7 Å². The molecule has 1 aromatic carbocycles. The zero-order valence-electron chi connectivity index (χ0n) is 13.1. The molecule has 1 aliphatic rings. The van der Waals surface area contributed by atoms with Crippen LogP contribution < -0.4 is 5.32 Å². The van der Waals surface area contributed by atoms with Crippen LogP contribution in [0.2, 0.25) is 5.02 Å². The van der Waals surface area contributed by atoms with Crippen molar-refractivity contribution in [2.45, 2.75) is 24.9 Å². The fourth-order valence-corrected chi connectivity index (χ4v) is 4.81. The number of carbonyl (C=O) groups is 1. The van der Waals surface area contributed by atoms with Gasteiger partial charge in [-0.25, -0.2) is 8.42 Å². The van der Waals surface area contributed by atoms with Crippen LogP contribution in [0.25, 0.3) is 0 Å². The van der Waals surface area contributed by atoms with Gasteiger partial charge in [0.15, 0.2) is 9.84 Å². The van der Waals surface area contributed by atoms with E-state index < -0.39 is 9.84 Å². The first kappa shape index (κ1) is 17.0. The summed E-state index contributed by atoms with van der Waals surface area (Å²) >= 11 is 5.94. The van der Waals surface area contributed by atoms with Crippen LogP contribution in [-0.4, -0.2) is 36.4 Å². The molecule has 128 valence electrons. The molecule has 2 aromatic rings. The predicted octanol–water partition coefficient (Wildman–Crippen LogP) is 2.42. The molecule has 0 radical (unpaired) electrons. The normalized spacial score (nSPS) is 20.6. The van der Waals surface area contributed by atoms with Crippen LogP contribution in [0.3, 0.4) is 0 Å². The number of aromatic nitrogens is 1. The Morgan fingerprint density at radius 1 is 1.25 bits per heavy atom.